The second kappa shape index (κ2) is 8.13. The Hall–Kier alpha value is -2.44. The molecule has 12 heteroatoms. The second-order valence-electron chi connectivity index (χ2n) is 6.13. The van der Waals surface area contributed by atoms with Crippen molar-refractivity contribution in [2.24, 2.45) is 0 Å². The quantitative estimate of drug-likeness (QED) is 0.703. The highest BCUT2D eigenvalue weighted by Crippen LogP contribution is 2.33. The van der Waals surface area contributed by atoms with Gasteiger partial charge in [0.05, 0.1) is 21.4 Å². The average molecular weight is 450 g/mol. The van der Waals surface area contributed by atoms with Crippen molar-refractivity contribution >= 4 is 31.5 Å². The van der Waals surface area contributed by atoms with Gasteiger partial charge in [0, 0.05) is 11.9 Å². The molecule has 158 valence electrons. The fourth-order valence-electron chi connectivity index (χ4n) is 2.34. The van der Waals surface area contributed by atoms with E-state index < -0.39 is 48.4 Å². The number of carbonyl (C=O) groups excluding carboxylic acids is 1. The van der Waals surface area contributed by atoms with Gasteiger partial charge in [0.15, 0.2) is 9.84 Å². The summed E-state index contributed by atoms with van der Waals surface area (Å²) >= 11 is 0. The van der Waals surface area contributed by atoms with Gasteiger partial charge in [-0.1, -0.05) is 18.2 Å². The van der Waals surface area contributed by atoms with Crippen LogP contribution in [0, 0.1) is 0 Å². The largest absolute Gasteiger partial charge is 0.417 e. The fraction of sp³-hybridized carbons (Fsp3) is 0.235. The summed E-state index contributed by atoms with van der Waals surface area (Å²) < 4.78 is 89.0. The highest BCUT2D eigenvalue weighted by Gasteiger charge is 2.37. The molecule has 0 aliphatic rings. The van der Waals surface area contributed by atoms with Crippen LogP contribution in [-0.2, 0) is 30.8 Å². The first-order chi connectivity index (χ1) is 13.2. The minimum atomic E-state index is -4.90. The van der Waals surface area contributed by atoms with Crippen molar-refractivity contribution < 1.29 is 34.8 Å². The predicted molar refractivity (Wildman–Crippen MR) is 99.4 cm³/mol. The van der Waals surface area contributed by atoms with Crippen LogP contribution in [0.4, 0.5) is 18.9 Å². The Morgan fingerprint density at radius 2 is 1.62 bits per heavy atom. The molecule has 0 saturated carbocycles. The highest BCUT2D eigenvalue weighted by molar-refractivity contribution is 7.90. The lowest BCUT2D eigenvalue weighted by atomic mass is 10.2. The van der Waals surface area contributed by atoms with Crippen LogP contribution in [0.3, 0.4) is 0 Å². The lowest BCUT2D eigenvalue weighted by molar-refractivity contribution is -0.139. The summed E-state index contributed by atoms with van der Waals surface area (Å²) in [5.41, 5.74) is -1.28. The Morgan fingerprint density at radius 1 is 1.00 bits per heavy atom. The van der Waals surface area contributed by atoms with E-state index in [1.54, 1.807) is 0 Å². The van der Waals surface area contributed by atoms with Crippen LogP contribution in [0.1, 0.15) is 12.5 Å². The molecule has 29 heavy (non-hydrogen) atoms. The molecule has 2 N–H and O–H groups in total. The van der Waals surface area contributed by atoms with Crippen LogP contribution in [0.25, 0.3) is 0 Å². The maximum atomic E-state index is 13.1. The smallest absolute Gasteiger partial charge is 0.325 e. The molecule has 2 aromatic rings. The van der Waals surface area contributed by atoms with Gasteiger partial charge in [-0.15, -0.1) is 0 Å². The highest BCUT2D eigenvalue weighted by atomic mass is 32.2. The molecule has 2 rings (SSSR count). The first-order valence-corrected chi connectivity index (χ1v) is 11.4. The Balaban J connectivity index is 2.22. The van der Waals surface area contributed by atoms with Gasteiger partial charge >= 0.3 is 6.18 Å². The number of carbonyl (C=O) groups is 1. The standard InChI is InChI=1S/C17H17F3N2O5S2/c1-11(16(23)21-12-6-5-7-13(10-12)28(2,24)25)22-29(26,27)15-9-4-3-8-14(15)17(18,19)20/h3-11,22H,1-2H3,(H,21,23)/t11-/m0/s1. The van der Waals surface area contributed by atoms with Gasteiger partial charge in [-0.25, -0.2) is 16.8 Å². The van der Waals surface area contributed by atoms with E-state index in [1.165, 1.54) is 24.3 Å². The molecule has 0 aromatic heterocycles. The predicted octanol–water partition coefficient (Wildman–Crippen LogP) is 2.41. The van der Waals surface area contributed by atoms with Crippen molar-refractivity contribution in [1.82, 2.24) is 4.72 Å². The molecule has 1 amide bonds. The van der Waals surface area contributed by atoms with E-state index in [4.69, 9.17) is 0 Å². The minimum Gasteiger partial charge on any atom is -0.325 e. The van der Waals surface area contributed by atoms with E-state index in [2.05, 4.69) is 5.32 Å². The molecule has 0 radical (unpaired) electrons. The van der Waals surface area contributed by atoms with Gasteiger partial charge < -0.3 is 5.32 Å². The SMILES string of the molecule is C[C@H](NS(=O)(=O)c1ccccc1C(F)(F)F)C(=O)Nc1cccc(S(C)(=O)=O)c1. The summed E-state index contributed by atoms with van der Waals surface area (Å²) in [5.74, 6) is -0.885. The molecule has 2 aromatic carbocycles. The number of sulfonamides is 1. The number of sulfone groups is 1. The molecule has 0 aliphatic heterocycles. The third-order valence-electron chi connectivity index (χ3n) is 3.74. The molecule has 7 nitrogen and oxygen atoms in total. The summed E-state index contributed by atoms with van der Waals surface area (Å²) in [7, 11) is -8.20. The molecule has 0 bridgehead atoms. The molecule has 0 unspecified atom stereocenters. The Bertz CT molecular complexity index is 1130. The van der Waals surface area contributed by atoms with Crippen molar-refractivity contribution in [3.63, 3.8) is 0 Å². The van der Waals surface area contributed by atoms with Crippen molar-refractivity contribution in [3.05, 3.63) is 54.1 Å². The van der Waals surface area contributed by atoms with E-state index in [-0.39, 0.29) is 10.6 Å². The maximum absolute atomic E-state index is 13.1. The van der Waals surface area contributed by atoms with E-state index in [9.17, 15) is 34.8 Å². The van der Waals surface area contributed by atoms with Gasteiger partial charge in [0.2, 0.25) is 15.9 Å². The van der Waals surface area contributed by atoms with Gasteiger partial charge in [0.25, 0.3) is 0 Å². The van der Waals surface area contributed by atoms with Crippen LogP contribution in [0.15, 0.2) is 58.3 Å². The molecule has 1 atom stereocenters. The summed E-state index contributed by atoms with van der Waals surface area (Å²) in [6.07, 6.45) is -3.92. The van der Waals surface area contributed by atoms with Crippen molar-refractivity contribution in [2.75, 3.05) is 11.6 Å². The number of anilines is 1. The maximum Gasteiger partial charge on any atom is 0.417 e. The second-order valence-corrected chi connectivity index (χ2v) is 9.82. The molecule has 0 spiro atoms. The summed E-state index contributed by atoms with van der Waals surface area (Å²) in [5, 5.41) is 2.32. The first kappa shape index (κ1) is 22.8. The monoisotopic (exact) mass is 450 g/mol. The molecule has 0 fully saturated rings. The molecular weight excluding hydrogens is 433 g/mol. The van der Waals surface area contributed by atoms with Crippen LogP contribution >= 0.6 is 0 Å². The van der Waals surface area contributed by atoms with Crippen LogP contribution < -0.4 is 10.0 Å². The van der Waals surface area contributed by atoms with Crippen molar-refractivity contribution in [3.8, 4) is 0 Å². The third-order valence-corrected chi connectivity index (χ3v) is 6.45. The van der Waals surface area contributed by atoms with Crippen LogP contribution in [0.2, 0.25) is 0 Å². The number of halogens is 3. The molecule has 0 aliphatic carbocycles. The van der Waals surface area contributed by atoms with Gasteiger partial charge in [-0.05, 0) is 37.3 Å². The Morgan fingerprint density at radius 3 is 2.21 bits per heavy atom. The Labute approximate surface area is 165 Å². The topological polar surface area (TPSA) is 109 Å². The Kier molecular flexibility index (Phi) is 6.40. The summed E-state index contributed by atoms with van der Waals surface area (Å²) in [6, 6.07) is 7.38. The van der Waals surface area contributed by atoms with E-state index in [0.717, 1.165) is 31.4 Å². The third kappa shape index (κ3) is 5.78. The van der Waals surface area contributed by atoms with E-state index in [0.29, 0.717) is 6.07 Å². The molecule has 0 saturated heterocycles. The van der Waals surface area contributed by atoms with Crippen LogP contribution in [0.5, 0.6) is 0 Å². The van der Waals surface area contributed by atoms with E-state index >= 15 is 0 Å². The first-order valence-electron chi connectivity index (χ1n) is 8.01. The lowest BCUT2D eigenvalue weighted by Crippen LogP contribution is -2.42. The zero-order chi connectivity index (χ0) is 22.0. The minimum absolute atomic E-state index is 0.0670. The van der Waals surface area contributed by atoms with Crippen molar-refractivity contribution in [1.29, 1.82) is 0 Å². The van der Waals surface area contributed by atoms with E-state index in [1.807, 2.05) is 4.72 Å². The fourth-order valence-corrected chi connectivity index (χ4v) is 4.44. The number of hydrogen-bond donors (Lipinski definition) is 2. The molecule has 0 heterocycles. The number of amides is 1. The van der Waals surface area contributed by atoms with Gasteiger partial charge in [-0.2, -0.15) is 17.9 Å². The van der Waals surface area contributed by atoms with Crippen molar-refractivity contribution in [2.45, 2.75) is 28.9 Å². The summed E-state index contributed by atoms with van der Waals surface area (Å²) in [6.45, 7) is 1.14. The lowest BCUT2D eigenvalue weighted by Gasteiger charge is -2.17. The normalized spacial score (nSPS) is 13.7. The number of nitrogens with one attached hydrogen (secondary N) is 2. The zero-order valence-electron chi connectivity index (χ0n) is 15.2. The molecular formula is C17H17F3N2O5S2. The average Bonchev–Trinajstić information content (AvgIpc) is 2.60. The zero-order valence-corrected chi connectivity index (χ0v) is 16.8. The number of hydrogen-bond acceptors (Lipinski definition) is 5. The van der Waals surface area contributed by atoms with Crippen LogP contribution in [-0.4, -0.2) is 35.0 Å². The summed E-state index contributed by atoms with van der Waals surface area (Å²) in [4.78, 5) is 11.2. The van der Waals surface area contributed by atoms with Gasteiger partial charge in [-0.3, -0.25) is 4.79 Å². The number of benzene rings is 2. The number of alkyl halides is 3. The van der Waals surface area contributed by atoms with Gasteiger partial charge in [0.1, 0.15) is 0 Å². The number of rotatable bonds is 6.